The van der Waals surface area contributed by atoms with E-state index in [1.165, 1.54) is 0 Å². The van der Waals surface area contributed by atoms with Gasteiger partial charge >= 0.3 is 0 Å². The summed E-state index contributed by atoms with van der Waals surface area (Å²) in [6.45, 7) is 6.08. The average molecular weight is 365 g/mol. The number of ether oxygens (including phenoxy) is 1. The molecule has 0 unspecified atom stereocenters. The van der Waals surface area contributed by atoms with Crippen LogP contribution in [0.4, 0.5) is 10.1 Å². The molecule has 0 aromatic heterocycles. The quantitative estimate of drug-likeness (QED) is 0.596. The van der Waals surface area contributed by atoms with E-state index in [-0.39, 0.29) is 5.82 Å². The van der Waals surface area contributed by atoms with Crippen LogP contribution in [0, 0.1) is 11.7 Å². The van der Waals surface area contributed by atoms with Crippen molar-refractivity contribution in [1.29, 1.82) is 0 Å². The van der Waals surface area contributed by atoms with Gasteiger partial charge in [-0.2, -0.15) is 0 Å². The molecule has 1 aromatic rings. The van der Waals surface area contributed by atoms with Gasteiger partial charge in [0, 0.05) is 47.4 Å². The van der Waals surface area contributed by atoms with Gasteiger partial charge in [-0.25, -0.2) is 9.38 Å². The maximum atomic E-state index is 14.1. The van der Waals surface area contributed by atoms with E-state index in [2.05, 4.69) is 29.2 Å². The lowest BCUT2D eigenvalue weighted by Gasteiger charge is -2.27. The molecule has 1 aliphatic rings. The van der Waals surface area contributed by atoms with Crippen LogP contribution in [0.15, 0.2) is 23.2 Å². The van der Waals surface area contributed by atoms with Crippen LogP contribution in [0.5, 0.6) is 0 Å². The molecule has 0 amide bonds. The van der Waals surface area contributed by atoms with Crippen molar-refractivity contribution in [3.05, 3.63) is 29.6 Å². The molecular formula is C20H33FN4O. The van der Waals surface area contributed by atoms with Crippen molar-refractivity contribution in [2.24, 2.45) is 10.9 Å². The Morgan fingerprint density at radius 3 is 2.62 bits per heavy atom. The summed E-state index contributed by atoms with van der Waals surface area (Å²) in [6, 6.07) is 5.32. The third-order valence-electron chi connectivity index (χ3n) is 4.82. The number of anilines is 1. The van der Waals surface area contributed by atoms with Crippen molar-refractivity contribution >= 4 is 11.6 Å². The predicted molar refractivity (Wildman–Crippen MR) is 106 cm³/mol. The summed E-state index contributed by atoms with van der Waals surface area (Å²) < 4.78 is 19.6. The zero-order valence-electron chi connectivity index (χ0n) is 16.6. The molecule has 0 spiro atoms. The van der Waals surface area contributed by atoms with Crippen LogP contribution in [-0.4, -0.2) is 58.3 Å². The Labute approximate surface area is 157 Å². The van der Waals surface area contributed by atoms with Gasteiger partial charge < -0.3 is 19.9 Å². The highest BCUT2D eigenvalue weighted by molar-refractivity contribution is 5.79. The number of halogens is 1. The zero-order valence-corrected chi connectivity index (χ0v) is 16.6. The highest BCUT2D eigenvalue weighted by atomic mass is 19.1. The van der Waals surface area contributed by atoms with Crippen molar-refractivity contribution in [3.8, 4) is 0 Å². The summed E-state index contributed by atoms with van der Waals surface area (Å²) in [5.41, 5.74) is 1.47. The molecule has 1 fully saturated rings. The Balaban J connectivity index is 1.95. The van der Waals surface area contributed by atoms with E-state index in [4.69, 9.17) is 4.74 Å². The molecule has 0 saturated carbocycles. The summed E-state index contributed by atoms with van der Waals surface area (Å²) in [4.78, 5) is 8.63. The zero-order chi connectivity index (χ0) is 18.9. The van der Waals surface area contributed by atoms with Gasteiger partial charge in [-0.15, -0.1) is 0 Å². The lowest BCUT2D eigenvalue weighted by atomic mass is 9.96. The van der Waals surface area contributed by atoms with Crippen LogP contribution in [0.3, 0.4) is 0 Å². The van der Waals surface area contributed by atoms with E-state index in [0.29, 0.717) is 12.2 Å². The number of hydrogen-bond acceptors (Lipinski definition) is 3. The number of aliphatic imine (C=N–C) groups is 1. The summed E-state index contributed by atoms with van der Waals surface area (Å²) in [5.74, 6) is 1.40. The minimum absolute atomic E-state index is 0.208. The Morgan fingerprint density at radius 2 is 2.00 bits per heavy atom. The smallest absolute Gasteiger partial charge is 0.193 e. The molecular weight excluding hydrogens is 331 g/mol. The number of hydrogen-bond donors (Lipinski definition) is 1. The summed E-state index contributed by atoms with van der Waals surface area (Å²) >= 11 is 0. The molecule has 1 N–H and O–H groups in total. The normalized spacial score (nSPS) is 15.8. The highest BCUT2D eigenvalue weighted by Crippen LogP contribution is 2.20. The van der Waals surface area contributed by atoms with E-state index in [9.17, 15) is 4.39 Å². The van der Waals surface area contributed by atoms with Crippen molar-refractivity contribution in [1.82, 2.24) is 10.2 Å². The first kappa shape index (κ1) is 20.5. The Kier molecular flexibility index (Phi) is 8.16. The molecule has 1 heterocycles. The monoisotopic (exact) mass is 364 g/mol. The van der Waals surface area contributed by atoms with Crippen LogP contribution >= 0.6 is 0 Å². The standard InChI is InChI=1S/C20H33FN4O/c1-5-22-20(25(4)11-8-16-9-12-26-13-10-16)23-15-17-6-7-19(24(2)3)18(21)14-17/h6-7,14,16H,5,8-13,15H2,1-4H3,(H,22,23). The topological polar surface area (TPSA) is 40.1 Å². The number of guanidine groups is 1. The molecule has 6 heteroatoms. The maximum Gasteiger partial charge on any atom is 0.193 e. The third kappa shape index (κ3) is 6.16. The lowest BCUT2D eigenvalue weighted by molar-refractivity contribution is 0.0625. The van der Waals surface area contributed by atoms with Gasteiger partial charge in [0.25, 0.3) is 0 Å². The molecule has 0 bridgehead atoms. The molecule has 5 nitrogen and oxygen atoms in total. The van der Waals surface area contributed by atoms with Crippen molar-refractivity contribution < 1.29 is 9.13 Å². The van der Waals surface area contributed by atoms with Crippen molar-refractivity contribution in [2.45, 2.75) is 32.7 Å². The van der Waals surface area contributed by atoms with Gasteiger partial charge in [-0.3, -0.25) is 0 Å². The van der Waals surface area contributed by atoms with Gasteiger partial charge in [0.1, 0.15) is 5.82 Å². The second kappa shape index (κ2) is 10.4. The third-order valence-corrected chi connectivity index (χ3v) is 4.82. The summed E-state index contributed by atoms with van der Waals surface area (Å²) in [5, 5.41) is 3.33. The van der Waals surface area contributed by atoms with E-state index < -0.39 is 0 Å². The molecule has 0 radical (unpaired) electrons. The number of rotatable bonds is 7. The Hall–Kier alpha value is -1.82. The Morgan fingerprint density at radius 1 is 1.27 bits per heavy atom. The molecule has 0 aliphatic carbocycles. The lowest BCUT2D eigenvalue weighted by Crippen LogP contribution is -2.40. The number of nitrogens with one attached hydrogen (secondary N) is 1. The first-order chi connectivity index (χ1) is 12.5. The molecule has 1 saturated heterocycles. The highest BCUT2D eigenvalue weighted by Gasteiger charge is 2.15. The fraction of sp³-hybridized carbons (Fsp3) is 0.650. The van der Waals surface area contributed by atoms with Gasteiger partial charge in [-0.1, -0.05) is 6.07 Å². The van der Waals surface area contributed by atoms with E-state index >= 15 is 0 Å². The molecule has 146 valence electrons. The largest absolute Gasteiger partial charge is 0.381 e. The van der Waals surface area contributed by atoms with Crippen molar-refractivity contribution in [3.63, 3.8) is 0 Å². The van der Waals surface area contributed by atoms with Gasteiger partial charge in [0.05, 0.1) is 12.2 Å². The molecule has 2 rings (SSSR count). The molecule has 0 atom stereocenters. The summed E-state index contributed by atoms with van der Waals surface area (Å²) in [6.07, 6.45) is 3.45. The fourth-order valence-electron chi connectivity index (χ4n) is 3.16. The van der Waals surface area contributed by atoms with E-state index in [1.807, 2.05) is 26.2 Å². The number of nitrogens with zero attached hydrogens (tertiary/aromatic N) is 3. The van der Waals surface area contributed by atoms with Crippen LogP contribution in [-0.2, 0) is 11.3 Å². The second-order valence-corrected chi connectivity index (χ2v) is 7.12. The SMILES string of the molecule is CCNC(=NCc1ccc(N(C)C)c(F)c1)N(C)CCC1CCOCC1. The minimum Gasteiger partial charge on any atom is -0.381 e. The van der Waals surface area contributed by atoms with E-state index in [1.54, 1.807) is 11.0 Å². The van der Waals surface area contributed by atoms with Gasteiger partial charge in [0.15, 0.2) is 5.96 Å². The molecule has 1 aliphatic heterocycles. The Bertz CT molecular complexity index is 585. The number of benzene rings is 1. The van der Waals surface area contributed by atoms with Crippen LogP contribution in [0.2, 0.25) is 0 Å². The van der Waals surface area contributed by atoms with E-state index in [0.717, 1.165) is 63.0 Å². The second-order valence-electron chi connectivity index (χ2n) is 7.12. The van der Waals surface area contributed by atoms with Gasteiger partial charge in [0.2, 0.25) is 0 Å². The average Bonchev–Trinajstić information content (AvgIpc) is 2.63. The fourth-order valence-corrected chi connectivity index (χ4v) is 3.16. The van der Waals surface area contributed by atoms with Crippen LogP contribution < -0.4 is 10.2 Å². The molecule has 1 aromatic carbocycles. The van der Waals surface area contributed by atoms with Crippen LogP contribution in [0.1, 0.15) is 31.7 Å². The first-order valence-electron chi connectivity index (χ1n) is 9.54. The van der Waals surface area contributed by atoms with Gasteiger partial charge in [-0.05, 0) is 49.8 Å². The summed E-state index contributed by atoms with van der Waals surface area (Å²) in [7, 11) is 5.75. The van der Waals surface area contributed by atoms with Crippen LogP contribution in [0.25, 0.3) is 0 Å². The first-order valence-corrected chi connectivity index (χ1v) is 9.54. The molecule has 26 heavy (non-hydrogen) atoms. The van der Waals surface area contributed by atoms with Crippen molar-refractivity contribution in [2.75, 3.05) is 52.3 Å². The minimum atomic E-state index is -0.208. The predicted octanol–water partition coefficient (Wildman–Crippen LogP) is 3.11. The maximum absolute atomic E-state index is 14.1.